The molecule has 0 spiro atoms. The van der Waals surface area contributed by atoms with Crippen LogP contribution in [0.5, 0.6) is 0 Å². The third-order valence-corrected chi connectivity index (χ3v) is 6.71. The fourth-order valence-corrected chi connectivity index (χ4v) is 4.87. The number of benzene rings is 2. The largest absolute Gasteiger partial charge is 0.453 e. The van der Waals surface area contributed by atoms with Gasteiger partial charge in [0.15, 0.2) is 0 Å². The van der Waals surface area contributed by atoms with Crippen molar-refractivity contribution >= 4 is 21.8 Å². The molecule has 1 N–H and O–H groups in total. The normalized spacial score (nSPS) is 18.5. The maximum atomic E-state index is 13.1. The molecule has 2 aromatic carbocycles. The predicted octanol–water partition coefficient (Wildman–Crippen LogP) is 3.82. The van der Waals surface area contributed by atoms with E-state index in [1.165, 1.54) is 24.8 Å². The summed E-state index contributed by atoms with van der Waals surface area (Å²) in [5.74, 6) is 0.198. The molecule has 7 heteroatoms. The average Bonchev–Trinajstić information content (AvgIpc) is 2.96. The van der Waals surface area contributed by atoms with Crippen molar-refractivity contribution in [1.82, 2.24) is 4.31 Å². The summed E-state index contributed by atoms with van der Waals surface area (Å²) in [4.78, 5) is 11.5. The van der Waals surface area contributed by atoms with E-state index in [1.54, 1.807) is 16.4 Å². The number of nitrogens with zero attached hydrogens (tertiary/aromatic N) is 1. The molecule has 2 aromatic rings. The molecule has 27 heavy (non-hydrogen) atoms. The molecule has 1 heterocycles. The maximum absolute atomic E-state index is 13.1. The molecule has 1 atom stereocenters. The number of rotatable bonds is 4. The molecule has 3 rings (SSSR count). The van der Waals surface area contributed by atoms with Gasteiger partial charge in [0.1, 0.15) is 0 Å². The summed E-state index contributed by atoms with van der Waals surface area (Å²) in [7, 11) is -2.31. The standard InChI is InChI=1S/C20H24N2O4S/c1-26-20(23)21-18-10-12-19(13-11-18)27(24,25)22-14-6-5-9-17(15-22)16-7-3-2-4-8-16/h2-4,7-8,10-13,17H,5-6,9,14-15H2,1H3,(H,21,23). The summed E-state index contributed by atoms with van der Waals surface area (Å²) in [5.41, 5.74) is 1.66. The van der Waals surface area contributed by atoms with E-state index in [-0.39, 0.29) is 10.8 Å². The monoisotopic (exact) mass is 388 g/mol. The number of anilines is 1. The first kappa shape index (κ1) is 19.4. The van der Waals surface area contributed by atoms with Crippen LogP contribution >= 0.6 is 0 Å². The summed E-state index contributed by atoms with van der Waals surface area (Å²) >= 11 is 0. The third-order valence-electron chi connectivity index (χ3n) is 4.83. The number of nitrogens with one attached hydrogen (secondary N) is 1. The molecule has 0 radical (unpaired) electrons. The van der Waals surface area contributed by atoms with E-state index >= 15 is 0 Å². The SMILES string of the molecule is COC(=O)Nc1ccc(S(=O)(=O)N2CCCCC(c3ccccc3)C2)cc1. The van der Waals surface area contributed by atoms with Crippen molar-refractivity contribution in [1.29, 1.82) is 0 Å². The first-order valence-electron chi connectivity index (χ1n) is 9.01. The fourth-order valence-electron chi connectivity index (χ4n) is 3.35. The van der Waals surface area contributed by atoms with Crippen LogP contribution in [0, 0.1) is 0 Å². The van der Waals surface area contributed by atoms with Gasteiger partial charge < -0.3 is 4.74 Å². The Bertz CT molecular complexity index is 867. The van der Waals surface area contributed by atoms with Crippen LogP contribution in [-0.4, -0.2) is 39.0 Å². The van der Waals surface area contributed by atoms with Gasteiger partial charge in [-0.3, -0.25) is 5.32 Å². The zero-order valence-corrected chi connectivity index (χ0v) is 16.1. The van der Waals surface area contributed by atoms with Crippen molar-refractivity contribution in [2.45, 2.75) is 30.1 Å². The average molecular weight is 388 g/mol. The lowest BCUT2D eigenvalue weighted by molar-refractivity contribution is 0.187. The number of sulfonamides is 1. The van der Waals surface area contributed by atoms with E-state index in [0.29, 0.717) is 18.8 Å². The molecule has 0 saturated carbocycles. The highest BCUT2D eigenvalue weighted by molar-refractivity contribution is 7.89. The minimum Gasteiger partial charge on any atom is -0.453 e. The molecule has 0 aliphatic carbocycles. The van der Waals surface area contributed by atoms with E-state index in [2.05, 4.69) is 22.2 Å². The van der Waals surface area contributed by atoms with Crippen molar-refractivity contribution in [2.75, 3.05) is 25.5 Å². The Labute approximate surface area is 160 Å². The van der Waals surface area contributed by atoms with Crippen molar-refractivity contribution in [3.05, 3.63) is 60.2 Å². The van der Waals surface area contributed by atoms with Gasteiger partial charge in [0.25, 0.3) is 0 Å². The predicted molar refractivity (Wildman–Crippen MR) is 104 cm³/mol. The Balaban J connectivity index is 1.79. The van der Waals surface area contributed by atoms with E-state index in [0.717, 1.165) is 19.3 Å². The van der Waals surface area contributed by atoms with Crippen molar-refractivity contribution in [3.8, 4) is 0 Å². The second-order valence-corrected chi connectivity index (χ2v) is 8.55. The molecule has 1 aliphatic heterocycles. The highest BCUT2D eigenvalue weighted by Crippen LogP contribution is 2.29. The number of amides is 1. The first-order chi connectivity index (χ1) is 13.0. The summed E-state index contributed by atoms with van der Waals surface area (Å²) in [5, 5.41) is 2.52. The van der Waals surface area contributed by atoms with Crippen molar-refractivity contribution in [2.24, 2.45) is 0 Å². The number of carbonyl (C=O) groups excluding carboxylic acids is 1. The van der Waals surface area contributed by atoms with Crippen LogP contribution in [0.25, 0.3) is 0 Å². The topological polar surface area (TPSA) is 75.7 Å². The highest BCUT2D eigenvalue weighted by atomic mass is 32.2. The lowest BCUT2D eigenvalue weighted by Gasteiger charge is -2.24. The van der Waals surface area contributed by atoms with Crippen LogP contribution in [0.2, 0.25) is 0 Å². The highest BCUT2D eigenvalue weighted by Gasteiger charge is 2.29. The van der Waals surface area contributed by atoms with E-state index < -0.39 is 16.1 Å². The van der Waals surface area contributed by atoms with Crippen LogP contribution in [-0.2, 0) is 14.8 Å². The van der Waals surface area contributed by atoms with E-state index in [1.807, 2.05) is 18.2 Å². The minimum absolute atomic E-state index is 0.198. The smallest absolute Gasteiger partial charge is 0.411 e. The van der Waals surface area contributed by atoms with Gasteiger partial charge in [-0.2, -0.15) is 4.31 Å². The maximum Gasteiger partial charge on any atom is 0.411 e. The number of hydrogen-bond acceptors (Lipinski definition) is 4. The second-order valence-electron chi connectivity index (χ2n) is 6.61. The Kier molecular flexibility index (Phi) is 6.13. The number of ether oxygens (including phenoxy) is 1. The fraction of sp³-hybridized carbons (Fsp3) is 0.350. The summed E-state index contributed by atoms with van der Waals surface area (Å²) < 4.78 is 32.4. The van der Waals surface area contributed by atoms with Gasteiger partial charge in [0.05, 0.1) is 12.0 Å². The molecule has 1 unspecified atom stereocenters. The Morgan fingerprint density at radius 1 is 1.07 bits per heavy atom. The Morgan fingerprint density at radius 2 is 1.78 bits per heavy atom. The van der Waals surface area contributed by atoms with Crippen LogP contribution in [0.3, 0.4) is 0 Å². The van der Waals surface area contributed by atoms with Crippen LogP contribution in [0.15, 0.2) is 59.5 Å². The van der Waals surface area contributed by atoms with Gasteiger partial charge in [-0.1, -0.05) is 36.8 Å². The minimum atomic E-state index is -3.59. The summed E-state index contributed by atoms with van der Waals surface area (Å²) in [6.07, 6.45) is 2.25. The zero-order valence-electron chi connectivity index (χ0n) is 15.3. The molecule has 144 valence electrons. The molecule has 1 amide bonds. The van der Waals surface area contributed by atoms with Gasteiger partial charge in [0.2, 0.25) is 10.0 Å². The van der Waals surface area contributed by atoms with Crippen LogP contribution in [0.1, 0.15) is 30.7 Å². The van der Waals surface area contributed by atoms with E-state index in [9.17, 15) is 13.2 Å². The lowest BCUT2D eigenvalue weighted by atomic mass is 9.95. The number of hydrogen-bond donors (Lipinski definition) is 1. The van der Waals surface area contributed by atoms with Gasteiger partial charge in [-0.05, 0) is 48.6 Å². The van der Waals surface area contributed by atoms with Gasteiger partial charge in [-0.25, -0.2) is 13.2 Å². The second kappa shape index (κ2) is 8.54. The van der Waals surface area contributed by atoms with Gasteiger partial charge in [0, 0.05) is 18.8 Å². The molecule has 1 fully saturated rings. The third kappa shape index (κ3) is 4.67. The van der Waals surface area contributed by atoms with Gasteiger partial charge in [-0.15, -0.1) is 0 Å². The van der Waals surface area contributed by atoms with Crippen molar-refractivity contribution < 1.29 is 17.9 Å². The molecular formula is C20H24N2O4S. The Hall–Kier alpha value is -2.38. The van der Waals surface area contributed by atoms with Crippen LogP contribution < -0.4 is 5.32 Å². The van der Waals surface area contributed by atoms with Crippen molar-refractivity contribution in [3.63, 3.8) is 0 Å². The molecular weight excluding hydrogens is 364 g/mol. The molecule has 1 aliphatic rings. The van der Waals surface area contributed by atoms with Gasteiger partial charge >= 0.3 is 6.09 Å². The zero-order chi connectivity index (χ0) is 19.3. The molecule has 1 saturated heterocycles. The molecule has 0 bridgehead atoms. The lowest BCUT2D eigenvalue weighted by Crippen LogP contribution is -2.34. The summed E-state index contributed by atoms with van der Waals surface area (Å²) in [6, 6.07) is 16.2. The van der Waals surface area contributed by atoms with Crippen LogP contribution in [0.4, 0.5) is 10.5 Å². The quantitative estimate of drug-likeness (QED) is 0.864. The number of methoxy groups -OCH3 is 1. The summed E-state index contributed by atoms with van der Waals surface area (Å²) in [6.45, 7) is 1.00. The first-order valence-corrected chi connectivity index (χ1v) is 10.4. The molecule has 0 aromatic heterocycles. The molecule has 6 nitrogen and oxygen atoms in total. The number of carbonyl (C=O) groups is 1. The Morgan fingerprint density at radius 3 is 2.44 bits per heavy atom. The van der Waals surface area contributed by atoms with E-state index in [4.69, 9.17) is 0 Å².